The number of hydrogen-bond donors (Lipinski definition) is 1. The molecule has 1 saturated heterocycles. The van der Waals surface area contributed by atoms with Crippen LogP contribution in [0.1, 0.15) is 5.89 Å². The molecule has 2 aromatic rings. The summed E-state index contributed by atoms with van der Waals surface area (Å²) >= 11 is 3.47. The van der Waals surface area contributed by atoms with Crippen LogP contribution in [0.5, 0.6) is 0 Å². The highest BCUT2D eigenvalue weighted by Gasteiger charge is 2.24. The lowest BCUT2D eigenvalue weighted by molar-refractivity contribution is 0.129. The Morgan fingerprint density at radius 1 is 1.33 bits per heavy atom. The molecule has 6 heteroatoms. The van der Waals surface area contributed by atoms with E-state index in [0.717, 1.165) is 23.1 Å². The number of halogens is 1. The van der Waals surface area contributed by atoms with E-state index in [9.17, 15) is 0 Å². The first-order valence-electron chi connectivity index (χ1n) is 5.77. The summed E-state index contributed by atoms with van der Waals surface area (Å²) in [5, 5.41) is 8.13. The highest BCUT2D eigenvalue weighted by molar-refractivity contribution is 9.10. The van der Waals surface area contributed by atoms with E-state index >= 15 is 0 Å². The first kappa shape index (κ1) is 11.8. The maximum atomic E-state index is 5.72. The minimum atomic E-state index is 0.288. The van der Waals surface area contributed by atoms with Crippen LogP contribution in [-0.2, 0) is 6.54 Å². The molecule has 0 atom stereocenters. The molecule has 0 aliphatic carbocycles. The fourth-order valence-corrected chi connectivity index (χ4v) is 2.45. The third kappa shape index (κ3) is 2.31. The zero-order chi connectivity index (χ0) is 12.5. The van der Waals surface area contributed by atoms with Gasteiger partial charge >= 0.3 is 0 Å². The van der Waals surface area contributed by atoms with Crippen LogP contribution in [0.4, 0.5) is 0 Å². The Hall–Kier alpha value is -1.24. The molecule has 94 valence electrons. The van der Waals surface area contributed by atoms with Gasteiger partial charge in [0.15, 0.2) is 0 Å². The van der Waals surface area contributed by atoms with Crippen molar-refractivity contribution in [1.29, 1.82) is 0 Å². The molecule has 1 fully saturated rings. The Balaban J connectivity index is 1.75. The van der Waals surface area contributed by atoms with Gasteiger partial charge in [-0.2, -0.15) is 0 Å². The summed E-state index contributed by atoms with van der Waals surface area (Å²) in [4.78, 5) is 2.18. The summed E-state index contributed by atoms with van der Waals surface area (Å²) in [7, 11) is 0. The van der Waals surface area contributed by atoms with E-state index in [0.29, 0.717) is 18.3 Å². The monoisotopic (exact) mass is 308 g/mol. The van der Waals surface area contributed by atoms with Crippen molar-refractivity contribution in [3.8, 4) is 11.5 Å². The van der Waals surface area contributed by atoms with Crippen molar-refractivity contribution in [1.82, 2.24) is 15.1 Å². The fourth-order valence-electron chi connectivity index (χ4n) is 1.99. The molecule has 3 rings (SSSR count). The molecule has 0 spiro atoms. The number of nitrogens with two attached hydrogens (primary N) is 1. The molecule has 2 N–H and O–H groups in total. The zero-order valence-electron chi connectivity index (χ0n) is 9.71. The van der Waals surface area contributed by atoms with Gasteiger partial charge in [-0.15, -0.1) is 10.2 Å². The molecule has 0 saturated carbocycles. The maximum Gasteiger partial charge on any atom is 0.248 e. The zero-order valence-corrected chi connectivity index (χ0v) is 11.3. The third-order valence-corrected chi connectivity index (χ3v) is 3.61. The topological polar surface area (TPSA) is 68.2 Å². The van der Waals surface area contributed by atoms with E-state index in [-0.39, 0.29) is 6.04 Å². The molecule has 0 radical (unpaired) electrons. The predicted octanol–water partition coefficient (Wildman–Crippen LogP) is 1.64. The van der Waals surface area contributed by atoms with Crippen LogP contribution in [0.3, 0.4) is 0 Å². The molecule has 18 heavy (non-hydrogen) atoms. The molecule has 5 nitrogen and oxygen atoms in total. The molecular weight excluding hydrogens is 296 g/mol. The number of nitrogens with zero attached hydrogens (tertiary/aromatic N) is 3. The van der Waals surface area contributed by atoms with Gasteiger partial charge in [-0.25, -0.2) is 0 Å². The number of hydrogen-bond acceptors (Lipinski definition) is 5. The maximum absolute atomic E-state index is 5.72. The van der Waals surface area contributed by atoms with Crippen molar-refractivity contribution in [2.75, 3.05) is 13.1 Å². The summed E-state index contributed by atoms with van der Waals surface area (Å²) in [5.41, 5.74) is 6.64. The quantitative estimate of drug-likeness (QED) is 0.933. The number of benzene rings is 1. The highest BCUT2D eigenvalue weighted by Crippen LogP contribution is 2.27. The summed E-state index contributed by atoms with van der Waals surface area (Å²) in [6.07, 6.45) is 0. The molecule has 1 aromatic carbocycles. The van der Waals surface area contributed by atoms with Crippen LogP contribution in [0, 0.1) is 0 Å². The standard InChI is InChI=1S/C12H13BrN4O/c13-10-4-2-1-3-9(10)12-16-15-11(18-12)7-17-5-8(14)6-17/h1-4,8H,5-7,14H2. The Labute approximate surface area is 113 Å². The molecule has 0 unspecified atom stereocenters. The van der Waals surface area contributed by atoms with E-state index in [1.165, 1.54) is 0 Å². The second kappa shape index (κ2) is 4.79. The van der Waals surface area contributed by atoms with Gasteiger partial charge < -0.3 is 10.2 Å². The van der Waals surface area contributed by atoms with Crippen LogP contribution in [0.2, 0.25) is 0 Å². The summed E-state index contributed by atoms with van der Waals surface area (Å²) in [5.74, 6) is 1.18. The predicted molar refractivity (Wildman–Crippen MR) is 70.7 cm³/mol. The van der Waals surface area contributed by atoms with Crippen LogP contribution in [-0.4, -0.2) is 34.2 Å². The number of aromatic nitrogens is 2. The van der Waals surface area contributed by atoms with Gasteiger partial charge in [0.2, 0.25) is 11.8 Å². The van der Waals surface area contributed by atoms with E-state index in [1.54, 1.807) is 0 Å². The van der Waals surface area contributed by atoms with Gasteiger partial charge in [0.25, 0.3) is 0 Å². The lowest BCUT2D eigenvalue weighted by Gasteiger charge is -2.35. The Bertz CT molecular complexity index is 551. The molecule has 2 heterocycles. The Kier molecular flexibility index (Phi) is 3.15. The highest BCUT2D eigenvalue weighted by atomic mass is 79.9. The first-order valence-corrected chi connectivity index (χ1v) is 6.57. The fraction of sp³-hybridized carbons (Fsp3) is 0.333. The van der Waals surface area contributed by atoms with Crippen LogP contribution in [0.15, 0.2) is 33.2 Å². The van der Waals surface area contributed by atoms with Crippen LogP contribution < -0.4 is 5.73 Å². The SMILES string of the molecule is NC1CN(Cc2nnc(-c3ccccc3Br)o2)C1. The average molecular weight is 309 g/mol. The van der Waals surface area contributed by atoms with E-state index in [2.05, 4.69) is 31.0 Å². The lowest BCUT2D eigenvalue weighted by atomic mass is 10.1. The minimum absolute atomic E-state index is 0.288. The van der Waals surface area contributed by atoms with Crippen molar-refractivity contribution in [2.45, 2.75) is 12.6 Å². The summed E-state index contributed by atoms with van der Waals surface area (Å²) < 4.78 is 6.61. The van der Waals surface area contributed by atoms with Gasteiger partial charge in [0.05, 0.1) is 12.1 Å². The summed E-state index contributed by atoms with van der Waals surface area (Å²) in [6.45, 7) is 2.46. The largest absolute Gasteiger partial charge is 0.419 e. The first-order chi connectivity index (χ1) is 8.72. The average Bonchev–Trinajstić information content (AvgIpc) is 2.76. The van der Waals surface area contributed by atoms with Crippen molar-refractivity contribution < 1.29 is 4.42 Å². The molecule has 1 aliphatic heterocycles. The molecule has 0 bridgehead atoms. The summed E-state index contributed by atoms with van der Waals surface area (Å²) in [6, 6.07) is 8.08. The van der Waals surface area contributed by atoms with E-state index in [1.807, 2.05) is 24.3 Å². The molecule has 1 aliphatic rings. The molecule has 1 aromatic heterocycles. The third-order valence-electron chi connectivity index (χ3n) is 2.92. The lowest BCUT2D eigenvalue weighted by Crippen LogP contribution is -2.54. The van der Waals surface area contributed by atoms with Crippen molar-refractivity contribution in [3.05, 3.63) is 34.6 Å². The van der Waals surface area contributed by atoms with Gasteiger partial charge in [0.1, 0.15) is 0 Å². The van der Waals surface area contributed by atoms with Gasteiger partial charge in [-0.1, -0.05) is 12.1 Å². The second-order valence-corrected chi connectivity index (χ2v) is 5.29. The van der Waals surface area contributed by atoms with Gasteiger partial charge in [-0.05, 0) is 28.1 Å². The van der Waals surface area contributed by atoms with E-state index < -0.39 is 0 Å². The van der Waals surface area contributed by atoms with Crippen molar-refractivity contribution in [2.24, 2.45) is 5.73 Å². The van der Waals surface area contributed by atoms with Crippen molar-refractivity contribution in [3.63, 3.8) is 0 Å². The molecule has 0 amide bonds. The Morgan fingerprint density at radius 2 is 2.11 bits per heavy atom. The van der Waals surface area contributed by atoms with Crippen molar-refractivity contribution >= 4 is 15.9 Å². The number of rotatable bonds is 3. The molecular formula is C12H13BrN4O. The van der Waals surface area contributed by atoms with Crippen LogP contribution in [0.25, 0.3) is 11.5 Å². The minimum Gasteiger partial charge on any atom is -0.419 e. The smallest absolute Gasteiger partial charge is 0.248 e. The normalized spacial score (nSPS) is 16.8. The second-order valence-electron chi connectivity index (χ2n) is 4.43. The van der Waals surface area contributed by atoms with E-state index in [4.69, 9.17) is 10.2 Å². The van der Waals surface area contributed by atoms with Crippen LogP contribution >= 0.6 is 15.9 Å². The Morgan fingerprint density at radius 3 is 2.83 bits per heavy atom. The number of likely N-dealkylation sites (tertiary alicyclic amines) is 1. The van der Waals surface area contributed by atoms with Gasteiger partial charge in [0, 0.05) is 23.6 Å². The van der Waals surface area contributed by atoms with Gasteiger partial charge in [-0.3, -0.25) is 4.90 Å².